The molecule has 0 saturated carbocycles. The molecule has 0 unspecified atom stereocenters. The third-order valence-electron chi connectivity index (χ3n) is 4.34. The Labute approximate surface area is 188 Å². The number of hydrogen-bond donors (Lipinski definition) is 2. The number of halogens is 2. The largest absolute Gasteiger partial charge is 0.353 e. The highest BCUT2D eigenvalue weighted by Crippen LogP contribution is 2.16. The number of unbranched alkanes of at least 4 members (excludes halogenated alkanes) is 3. The van der Waals surface area contributed by atoms with E-state index in [2.05, 4.69) is 10.6 Å². The van der Waals surface area contributed by atoms with Crippen LogP contribution in [0.1, 0.15) is 36.8 Å². The van der Waals surface area contributed by atoms with Crippen molar-refractivity contribution in [1.29, 1.82) is 0 Å². The molecule has 2 N–H and O–H groups in total. The van der Waals surface area contributed by atoms with Crippen molar-refractivity contribution in [3.8, 4) is 0 Å². The molecule has 6 heteroatoms. The monoisotopic (exact) mass is 444 g/mol. The molecule has 0 aliphatic carbocycles. The highest BCUT2D eigenvalue weighted by Gasteiger charge is 1.99. The molecule has 2 aromatic carbocycles. The van der Waals surface area contributed by atoms with Crippen molar-refractivity contribution in [1.82, 2.24) is 10.6 Å². The molecule has 0 bridgehead atoms. The first-order valence-corrected chi connectivity index (χ1v) is 10.7. The zero-order chi connectivity index (χ0) is 21.6. The van der Waals surface area contributed by atoms with Crippen LogP contribution in [-0.4, -0.2) is 24.9 Å². The lowest BCUT2D eigenvalue weighted by molar-refractivity contribution is -0.117. The maximum atomic E-state index is 11.8. The van der Waals surface area contributed by atoms with Gasteiger partial charge in [0.25, 0.3) is 0 Å². The fraction of sp³-hybridized carbons (Fsp3) is 0.250. The van der Waals surface area contributed by atoms with Crippen LogP contribution in [-0.2, 0) is 9.59 Å². The van der Waals surface area contributed by atoms with E-state index < -0.39 is 0 Å². The van der Waals surface area contributed by atoms with Gasteiger partial charge < -0.3 is 10.6 Å². The van der Waals surface area contributed by atoms with Crippen LogP contribution in [0.3, 0.4) is 0 Å². The second kappa shape index (κ2) is 13.6. The van der Waals surface area contributed by atoms with E-state index in [0.29, 0.717) is 23.1 Å². The maximum Gasteiger partial charge on any atom is 0.243 e. The van der Waals surface area contributed by atoms with E-state index >= 15 is 0 Å². The molecule has 0 aliphatic rings. The first-order chi connectivity index (χ1) is 14.6. The van der Waals surface area contributed by atoms with Crippen LogP contribution >= 0.6 is 23.2 Å². The molecule has 0 saturated heterocycles. The Kier molecular flexibility index (Phi) is 10.8. The average Bonchev–Trinajstić information content (AvgIpc) is 2.74. The molecule has 158 valence electrons. The number of amides is 2. The van der Waals surface area contributed by atoms with Crippen molar-refractivity contribution in [2.24, 2.45) is 0 Å². The summed E-state index contributed by atoms with van der Waals surface area (Å²) in [4.78, 5) is 23.6. The first kappa shape index (κ1) is 23.7. The molecule has 0 radical (unpaired) electrons. The number of carbonyl (C=O) groups excluding carboxylic acids is 2. The van der Waals surface area contributed by atoms with E-state index in [1.165, 1.54) is 12.2 Å². The van der Waals surface area contributed by atoms with E-state index in [1.54, 1.807) is 24.3 Å². The van der Waals surface area contributed by atoms with E-state index in [4.69, 9.17) is 23.2 Å². The highest BCUT2D eigenvalue weighted by atomic mass is 35.5. The van der Waals surface area contributed by atoms with Crippen molar-refractivity contribution < 1.29 is 9.59 Å². The summed E-state index contributed by atoms with van der Waals surface area (Å²) in [6.07, 6.45) is 10.2. The van der Waals surface area contributed by atoms with Crippen LogP contribution in [0, 0.1) is 0 Å². The normalized spacial score (nSPS) is 11.1. The first-order valence-electron chi connectivity index (χ1n) is 9.97. The summed E-state index contributed by atoms with van der Waals surface area (Å²) in [5.74, 6) is -0.264. The molecule has 0 aliphatic heterocycles. The van der Waals surface area contributed by atoms with E-state index in [9.17, 15) is 9.59 Å². The smallest absolute Gasteiger partial charge is 0.243 e. The lowest BCUT2D eigenvalue weighted by Gasteiger charge is -2.04. The Morgan fingerprint density at radius 3 is 1.47 bits per heavy atom. The molecular weight excluding hydrogens is 419 g/mol. The predicted molar refractivity (Wildman–Crippen MR) is 125 cm³/mol. The van der Waals surface area contributed by atoms with E-state index in [1.807, 2.05) is 36.4 Å². The fourth-order valence-electron chi connectivity index (χ4n) is 2.70. The minimum Gasteiger partial charge on any atom is -0.353 e. The van der Waals surface area contributed by atoms with Gasteiger partial charge in [-0.05, 0) is 48.3 Å². The Hall–Kier alpha value is -2.56. The molecule has 4 nitrogen and oxygen atoms in total. The Morgan fingerprint density at radius 1 is 0.667 bits per heavy atom. The van der Waals surface area contributed by atoms with Crippen molar-refractivity contribution in [2.75, 3.05) is 13.1 Å². The zero-order valence-electron chi connectivity index (χ0n) is 16.7. The highest BCUT2D eigenvalue weighted by molar-refractivity contribution is 6.32. The second-order valence-corrected chi connectivity index (χ2v) is 7.52. The van der Waals surface area contributed by atoms with Crippen molar-refractivity contribution in [3.05, 3.63) is 81.9 Å². The van der Waals surface area contributed by atoms with Crippen LogP contribution in [0.4, 0.5) is 0 Å². The Morgan fingerprint density at radius 2 is 1.07 bits per heavy atom. The molecule has 2 rings (SSSR count). The molecule has 0 atom stereocenters. The summed E-state index contributed by atoms with van der Waals surface area (Å²) in [7, 11) is 0. The van der Waals surface area contributed by atoms with Crippen molar-refractivity contribution in [3.63, 3.8) is 0 Å². The molecule has 30 heavy (non-hydrogen) atoms. The third-order valence-corrected chi connectivity index (χ3v) is 5.03. The number of benzene rings is 2. The summed E-state index contributed by atoms with van der Waals surface area (Å²) in [5, 5.41) is 6.96. The third kappa shape index (κ3) is 9.29. The second-order valence-electron chi connectivity index (χ2n) is 6.71. The number of hydrogen-bond acceptors (Lipinski definition) is 2. The van der Waals surface area contributed by atoms with E-state index in [0.717, 1.165) is 36.8 Å². The summed E-state index contributed by atoms with van der Waals surface area (Å²) in [5.41, 5.74) is 1.64. The predicted octanol–water partition coefficient (Wildman–Crippen LogP) is 5.51. The summed E-state index contributed by atoms with van der Waals surface area (Å²) in [6.45, 7) is 1.25. The Bertz CT molecular complexity index is 821. The van der Waals surface area contributed by atoms with Gasteiger partial charge in [0.1, 0.15) is 0 Å². The molecule has 2 aromatic rings. The molecule has 2 amide bonds. The molecule has 0 aromatic heterocycles. The molecular formula is C24H26Cl2N2O2. The number of rotatable bonds is 11. The zero-order valence-corrected chi connectivity index (χ0v) is 18.3. The summed E-state index contributed by atoms with van der Waals surface area (Å²) in [6, 6.07) is 14.7. The van der Waals surface area contributed by atoms with Gasteiger partial charge >= 0.3 is 0 Å². The van der Waals surface area contributed by atoms with Gasteiger partial charge in [0.15, 0.2) is 0 Å². The van der Waals surface area contributed by atoms with Gasteiger partial charge in [-0.2, -0.15) is 0 Å². The van der Waals surface area contributed by atoms with Crippen LogP contribution < -0.4 is 10.6 Å². The van der Waals surface area contributed by atoms with Crippen LogP contribution in [0.5, 0.6) is 0 Å². The van der Waals surface area contributed by atoms with Gasteiger partial charge in [-0.25, -0.2) is 0 Å². The standard InChI is InChI=1S/C24H26Cl2N2O2/c25-21-11-5-3-9-19(21)13-15-23(29)27-17-7-1-2-8-18-28-24(30)16-14-20-10-4-6-12-22(20)26/h3-6,9-16H,1-2,7-8,17-18H2,(H,27,29)(H,28,30)/b15-13+,16-14+. The van der Waals surface area contributed by atoms with Crippen molar-refractivity contribution >= 4 is 47.2 Å². The maximum absolute atomic E-state index is 11.8. The van der Waals surface area contributed by atoms with Gasteiger partial charge in [-0.15, -0.1) is 0 Å². The van der Waals surface area contributed by atoms with Gasteiger partial charge in [-0.3, -0.25) is 9.59 Å². The lowest BCUT2D eigenvalue weighted by Crippen LogP contribution is -2.23. The van der Waals surface area contributed by atoms with Gasteiger partial charge in [-0.1, -0.05) is 72.4 Å². The molecule has 0 spiro atoms. The molecule has 0 fully saturated rings. The van der Waals surface area contributed by atoms with Gasteiger partial charge in [0, 0.05) is 35.3 Å². The Balaban J connectivity index is 1.51. The molecule has 0 heterocycles. The quantitative estimate of drug-likeness (QED) is 0.354. The SMILES string of the molecule is O=C(/C=C/c1ccccc1Cl)NCCCCCCNC(=O)/C=C/c1ccccc1Cl. The van der Waals surface area contributed by atoms with Crippen LogP contribution in [0.25, 0.3) is 12.2 Å². The average molecular weight is 445 g/mol. The summed E-state index contributed by atoms with van der Waals surface area (Å²) >= 11 is 12.1. The summed E-state index contributed by atoms with van der Waals surface area (Å²) < 4.78 is 0. The van der Waals surface area contributed by atoms with Gasteiger partial charge in [0.2, 0.25) is 11.8 Å². The van der Waals surface area contributed by atoms with Gasteiger partial charge in [0.05, 0.1) is 0 Å². The van der Waals surface area contributed by atoms with Crippen LogP contribution in [0.15, 0.2) is 60.7 Å². The minimum atomic E-state index is -0.132. The van der Waals surface area contributed by atoms with Crippen molar-refractivity contribution in [2.45, 2.75) is 25.7 Å². The minimum absolute atomic E-state index is 0.132. The number of carbonyl (C=O) groups is 2. The van der Waals surface area contributed by atoms with Crippen LogP contribution in [0.2, 0.25) is 10.0 Å². The van der Waals surface area contributed by atoms with E-state index in [-0.39, 0.29) is 11.8 Å². The number of nitrogens with one attached hydrogen (secondary N) is 2. The topological polar surface area (TPSA) is 58.2 Å². The fourth-order valence-corrected chi connectivity index (χ4v) is 3.09. The lowest BCUT2D eigenvalue weighted by atomic mass is 10.2.